The van der Waals surface area contributed by atoms with Crippen molar-refractivity contribution in [3.05, 3.63) is 24.5 Å². The molecule has 0 aliphatic carbocycles. The molecule has 0 heterocycles. The Kier molecular flexibility index (Phi) is 4.32. The Hall–Kier alpha value is -0.833. The first kappa shape index (κ1) is 13.2. The topological polar surface area (TPSA) is 26.3 Å². The van der Waals surface area contributed by atoms with Crippen LogP contribution in [0.5, 0.6) is 0 Å². The molecule has 0 unspecified atom stereocenters. The molecule has 0 amide bonds. The van der Waals surface area contributed by atoms with E-state index in [1.807, 2.05) is 0 Å². The largest absolute Gasteiger partial charge is 0.544 e. The van der Waals surface area contributed by atoms with E-state index in [0.717, 1.165) is 6.29 Å². The van der Waals surface area contributed by atoms with Gasteiger partial charge in [0, 0.05) is 0 Å². The highest BCUT2D eigenvalue weighted by atomic mass is 28.4. The molecule has 0 aromatic carbocycles. The Morgan fingerprint density at radius 1 is 1.36 bits per heavy atom. The molecule has 0 aliphatic heterocycles. The van der Waals surface area contributed by atoms with Crippen LogP contribution in [0.3, 0.4) is 0 Å². The quantitative estimate of drug-likeness (QED) is 0.235. The van der Waals surface area contributed by atoms with Crippen LogP contribution < -0.4 is 0 Å². The van der Waals surface area contributed by atoms with E-state index in [1.54, 1.807) is 6.08 Å². The third kappa shape index (κ3) is 3.92. The Labute approximate surface area is 87.8 Å². The maximum Gasteiger partial charge on any atom is 0.250 e. The molecule has 0 saturated carbocycles. The van der Waals surface area contributed by atoms with Crippen molar-refractivity contribution in [2.45, 2.75) is 38.9 Å². The number of allylic oxidation sites excluding steroid dienone is 2. The first-order chi connectivity index (χ1) is 6.20. The minimum atomic E-state index is -1.78. The summed E-state index contributed by atoms with van der Waals surface area (Å²) in [7, 11) is -1.78. The first-order valence-corrected chi connectivity index (χ1v) is 7.61. The van der Waals surface area contributed by atoms with Crippen LogP contribution in [0.1, 0.15) is 20.8 Å². The van der Waals surface area contributed by atoms with E-state index in [0.29, 0.717) is 5.76 Å². The number of carbonyl (C=O) groups is 1. The van der Waals surface area contributed by atoms with Gasteiger partial charge in [-0.05, 0) is 30.3 Å². The van der Waals surface area contributed by atoms with Crippen molar-refractivity contribution in [2.75, 3.05) is 0 Å². The molecule has 14 heavy (non-hydrogen) atoms. The predicted molar refractivity (Wildman–Crippen MR) is 62.6 cm³/mol. The fourth-order valence-corrected chi connectivity index (χ4v) is 1.69. The van der Waals surface area contributed by atoms with E-state index < -0.39 is 8.32 Å². The van der Waals surface area contributed by atoms with E-state index in [-0.39, 0.29) is 5.04 Å². The van der Waals surface area contributed by atoms with E-state index in [1.165, 1.54) is 6.08 Å². The molecule has 0 N–H and O–H groups in total. The van der Waals surface area contributed by atoms with Crippen molar-refractivity contribution in [1.82, 2.24) is 0 Å². The number of hydrogen-bond acceptors (Lipinski definition) is 2. The normalized spacial score (nSPS) is 12.9. The summed E-state index contributed by atoms with van der Waals surface area (Å²) in [5.74, 6) is 0.573. The molecular formula is C11H20O2Si. The molecular weight excluding hydrogens is 192 g/mol. The van der Waals surface area contributed by atoms with E-state index in [2.05, 4.69) is 40.4 Å². The molecule has 3 heteroatoms. The fourth-order valence-electron chi connectivity index (χ4n) is 0.661. The van der Waals surface area contributed by atoms with Gasteiger partial charge in [-0.3, -0.25) is 4.79 Å². The standard InChI is InChI=1S/C11H20O2Si/c1-10(8-7-9-12)13-14(5,6)11(2,3)4/h7-9H,1H2,2-6H3/b8-7+. The van der Waals surface area contributed by atoms with Crippen LogP contribution in [-0.2, 0) is 9.22 Å². The maximum absolute atomic E-state index is 10.1. The Morgan fingerprint density at radius 3 is 2.21 bits per heavy atom. The monoisotopic (exact) mass is 212 g/mol. The molecule has 0 radical (unpaired) electrons. The summed E-state index contributed by atoms with van der Waals surface area (Å²) in [6.45, 7) is 14.5. The van der Waals surface area contributed by atoms with Gasteiger partial charge >= 0.3 is 0 Å². The molecule has 0 rings (SSSR count). The molecule has 2 nitrogen and oxygen atoms in total. The summed E-state index contributed by atoms with van der Waals surface area (Å²) >= 11 is 0. The lowest BCUT2D eigenvalue weighted by Crippen LogP contribution is -2.40. The van der Waals surface area contributed by atoms with Gasteiger partial charge in [0.25, 0.3) is 0 Å². The van der Waals surface area contributed by atoms with Crippen molar-refractivity contribution in [3.63, 3.8) is 0 Å². The summed E-state index contributed by atoms with van der Waals surface area (Å²) in [5, 5.41) is 0.158. The van der Waals surface area contributed by atoms with Crippen LogP contribution in [-0.4, -0.2) is 14.6 Å². The molecule has 0 aromatic heterocycles. The lowest BCUT2D eigenvalue weighted by Gasteiger charge is -2.36. The molecule has 0 aromatic rings. The molecule has 80 valence electrons. The van der Waals surface area contributed by atoms with Crippen molar-refractivity contribution >= 4 is 14.6 Å². The minimum Gasteiger partial charge on any atom is -0.544 e. The van der Waals surface area contributed by atoms with Crippen molar-refractivity contribution < 1.29 is 9.22 Å². The SMILES string of the molecule is C=C(/C=C/C=O)O[Si](C)(C)C(C)(C)C. The average Bonchev–Trinajstić information content (AvgIpc) is 1.97. The number of rotatable bonds is 4. The summed E-state index contributed by atoms with van der Waals surface area (Å²) in [6.07, 6.45) is 3.73. The average molecular weight is 212 g/mol. The van der Waals surface area contributed by atoms with Gasteiger partial charge in [-0.2, -0.15) is 0 Å². The zero-order chi connectivity index (χ0) is 11.4. The maximum atomic E-state index is 10.1. The highest BCUT2D eigenvalue weighted by Crippen LogP contribution is 2.37. The van der Waals surface area contributed by atoms with Crippen molar-refractivity contribution in [2.24, 2.45) is 0 Å². The van der Waals surface area contributed by atoms with Gasteiger partial charge in [0.15, 0.2) is 0 Å². The van der Waals surface area contributed by atoms with E-state index in [4.69, 9.17) is 4.43 Å². The lowest BCUT2D eigenvalue weighted by atomic mass is 10.2. The van der Waals surface area contributed by atoms with Gasteiger partial charge in [-0.25, -0.2) is 0 Å². The summed E-state index contributed by atoms with van der Waals surface area (Å²) in [6, 6.07) is 0. The number of hydrogen-bond donors (Lipinski definition) is 0. The summed E-state index contributed by atoms with van der Waals surface area (Å²) < 4.78 is 5.80. The third-order valence-corrected chi connectivity index (χ3v) is 6.94. The Balaban J connectivity index is 4.44. The van der Waals surface area contributed by atoms with Crippen LogP contribution >= 0.6 is 0 Å². The zero-order valence-electron chi connectivity index (χ0n) is 9.76. The molecule has 0 atom stereocenters. The number of carbonyl (C=O) groups excluding carboxylic acids is 1. The second kappa shape index (κ2) is 4.60. The molecule has 0 fully saturated rings. The summed E-state index contributed by atoms with van der Waals surface area (Å²) in [5.41, 5.74) is 0. The lowest BCUT2D eigenvalue weighted by molar-refractivity contribution is -0.104. The fraction of sp³-hybridized carbons (Fsp3) is 0.545. The Morgan fingerprint density at radius 2 is 1.86 bits per heavy atom. The first-order valence-electron chi connectivity index (χ1n) is 4.70. The van der Waals surface area contributed by atoms with Gasteiger partial charge in [0.2, 0.25) is 8.32 Å². The van der Waals surface area contributed by atoms with E-state index >= 15 is 0 Å². The van der Waals surface area contributed by atoms with Crippen LogP contribution in [0.2, 0.25) is 18.1 Å². The van der Waals surface area contributed by atoms with Crippen molar-refractivity contribution in [1.29, 1.82) is 0 Å². The second-order valence-corrected chi connectivity index (χ2v) is 9.55. The van der Waals surface area contributed by atoms with Crippen LogP contribution in [0.25, 0.3) is 0 Å². The highest BCUT2D eigenvalue weighted by Gasteiger charge is 2.38. The smallest absolute Gasteiger partial charge is 0.250 e. The van der Waals surface area contributed by atoms with Crippen LogP contribution in [0.15, 0.2) is 24.5 Å². The van der Waals surface area contributed by atoms with E-state index in [9.17, 15) is 4.79 Å². The van der Waals surface area contributed by atoms with Crippen LogP contribution in [0.4, 0.5) is 0 Å². The molecule has 0 bridgehead atoms. The highest BCUT2D eigenvalue weighted by molar-refractivity contribution is 6.74. The van der Waals surface area contributed by atoms with Gasteiger partial charge in [-0.15, -0.1) is 0 Å². The van der Waals surface area contributed by atoms with Gasteiger partial charge in [0.05, 0.1) is 5.76 Å². The van der Waals surface area contributed by atoms with Gasteiger partial charge < -0.3 is 4.43 Å². The predicted octanol–water partition coefficient (Wildman–Crippen LogP) is 3.28. The van der Waals surface area contributed by atoms with Gasteiger partial charge in [-0.1, -0.05) is 27.4 Å². The van der Waals surface area contributed by atoms with Crippen LogP contribution in [0, 0.1) is 0 Å². The molecule has 0 aliphatic rings. The van der Waals surface area contributed by atoms with Crippen molar-refractivity contribution in [3.8, 4) is 0 Å². The number of aldehydes is 1. The minimum absolute atomic E-state index is 0.158. The molecule has 0 spiro atoms. The zero-order valence-corrected chi connectivity index (χ0v) is 10.8. The third-order valence-electron chi connectivity index (χ3n) is 2.55. The van der Waals surface area contributed by atoms with Gasteiger partial charge in [0.1, 0.15) is 6.29 Å². The summed E-state index contributed by atoms with van der Waals surface area (Å²) in [4.78, 5) is 10.1. The second-order valence-electron chi connectivity index (χ2n) is 4.82. The molecule has 0 saturated heterocycles. The Bertz CT molecular complexity index is 247.